The number of benzene rings is 1. The van der Waals surface area contributed by atoms with Gasteiger partial charge in [-0.05, 0) is 41.5 Å². The topological polar surface area (TPSA) is 82.4 Å². The summed E-state index contributed by atoms with van der Waals surface area (Å²) in [6.07, 6.45) is 3.48. The van der Waals surface area contributed by atoms with Crippen molar-refractivity contribution in [2.24, 2.45) is 0 Å². The number of hydrogen-bond donors (Lipinski definition) is 0. The van der Waals surface area contributed by atoms with Crippen molar-refractivity contribution in [1.29, 1.82) is 0 Å². The van der Waals surface area contributed by atoms with E-state index in [-0.39, 0.29) is 18.5 Å². The van der Waals surface area contributed by atoms with Gasteiger partial charge in [-0.3, -0.25) is 4.79 Å². The molecular formula is C15H19N5O3. The summed E-state index contributed by atoms with van der Waals surface area (Å²) in [5.41, 5.74) is 0.920. The third-order valence-electron chi connectivity index (χ3n) is 3.82. The molecule has 1 amide bonds. The van der Waals surface area contributed by atoms with Gasteiger partial charge in [-0.25, -0.2) is 4.68 Å². The number of ether oxygens (including phenoxy) is 2. The van der Waals surface area contributed by atoms with Crippen molar-refractivity contribution in [3.05, 3.63) is 30.1 Å². The van der Waals surface area contributed by atoms with Gasteiger partial charge in [0.1, 0.15) is 24.4 Å². The van der Waals surface area contributed by atoms with E-state index in [1.165, 1.54) is 11.0 Å². The van der Waals surface area contributed by atoms with Crippen LogP contribution < -0.4 is 9.47 Å². The van der Waals surface area contributed by atoms with Crippen molar-refractivity contribution in [2.45, 2.75) is 32.0 Å². The van der Waals surface area contributed by atoms with Gasteiger partial charge in [-0.2, -0.15) is 0 Å². The second-order valence-electron chi connectivity index (χ2n) is 5.44. The first kappa shape index (κ1) is 15.3. The Bertz CT molecular complexity index is 670. The molecule has 0 aliphatic heterocycles. The molecule has 8 nitrogen and oxygen atoms in total. The number of aromatic nitrogens is 4. The van der Waals surface area contributed by atoms with Crippen LogP contribution in [0.2, 0.25) is 0 Å². The Kier molecular flexibility index (Phi) is 4.40. The fourth-order valence-electron chi connectivity index (χ4n) is 2.48. The lowest BCUT2D eigenvalue weighted by molar-refractivity contribution is -0.133. The van der Waals surface area contributed by atoms with Gasteiger partial charge in [-0.15, -0.1) is 5.10 Å². The van der Waals surface area contributed by atoms with Crippen molar-refractivity contribution < 1.29 is 14.3 Å². The van der Waals surface area contributed by atoms with Crippen LogP contribution >= 0.6 is 0 Å². The first-order valence-corrected chi connectivity index (χ1v) is 7.42. The lowest BCUT2D eigenvalue weighted by Gasteiger charge is -2.23. The number of hydrogen-bond acceptors (Lipinski definition) is 6. The molecule has 0 spiro atoms. The van der Waals surface area contributed by atoms with Crippen molar-refractivity contribution in [3.63, 3.8) is 0 Å². The summed E-state index contributed by atoms with van der Waals surface area (Å²) in [7, 11) is 3.24. The number of carbonyl (C=O) groups excluding carboxylic acids is 1. The van der Waals surface area contributed by atoms with Crippen LogP contribution in [0.1, 0.15) is 18.4 Å². The predicted octanol–water partition coefficient (Wildman–Crippen LogP) is 0.881. The average Bonchev–Trinajstić information content (AvgIpc) is 3.29. The summed E-state index contributed by atoms with van der Waals surface area (Å²) in [6, 6.07) is 5.87. The molecule has 23 heavy (non-hydrogen) atoms. The van der Waals surface area contributed by atoms with E-state index in [2.05, 4.69) is 15.5 Å². The van der Waals surface area contributed by atoms with Crippen LogP contribution in [0.3, 0.4) is 0 Å². The number of tetrazole rings is 1. The maximum Gasteiger partial charge on any atom is 0.244 e. The van der Waals surface area contributed by atoms with Gasteiger partial charge in [0.05, 0.1) is 14.2 Å². The molecule has 8 heteroatoms. The molecule has 0 N–H and O–H groups in total. The number of carbonyl (C=O) groups is 1. The molecule has 0 bridgehead atoms. The first-order valence-electron chi connectivity index (χ1n) is 7.42. The highest BCUT2D eigenvalue weighted by Gasteiger charge is 2.33. The smallest absolute Gasteiger partial charge is 0.244 e. The Morgan fingerprint density at radius 2 is 2.17 bits per heavy atom. The summed E-state index contributed by atoms with van der Waals surface area (Å²) in [5, 5.41) is 10.9. The number of nitrogens with zero attached hydrogens (tertiary/aromatic N) is 5. The van der Waals surface area contributed by atoms with Crippen molar-refractivity contribution in [2.75, 3.05) is 14.2 Å². The van der Waals surface area contributed by atoms with Gasteiger partial charge in [0.2, 0.25) is 5.91 Å². The minimum atomic E-state index is -0.00956. The second kappa shape index (κ2) is 6.64. The summed E-state index contributed by atoms with van der Waals surface area (Å²) < 4.78 is 12.1. The monoisotopic (exact) mass is 317 g/mol. The highest BCUT2D eigenvalue weighted by atomic mass is 16.5. The lowest BCUT2D eigenvalue weighted by Crippen LogP contribution is -2.35. The minimum absolute atomic E-state index is 0.00956. The molecule has 1 heterocycles. The minimum Gasteiger partial charge on any atom is -0.497 e. The van der Waals surface area contributed by atoms with Crippen molar-refractivity contribution in [1.82, 2.24) is 25.1 Å². The van der Waals surface area contributed by atoms with Crippen LogP contribution in [0, 0.1) is 0 Å². The molecule has 0 saturated heterocycles. The molecule has 0 radical (unpaired) electrons. The highest BCUT2D eigenvalue weighted by molar-refractivity contribution is 5.76. The van der Waals surface area contributed by atoms with Gasteiger partial charge >= 0.3 is 0 Å². The van der Waals surface area contributed by atoms with E-state index in [4.69, 9.17) is 9.47 Å². The molecule has 122 valence electrons. The highest BCUT2D eigenvalue weighted by Crippen LogP contribution is 2.32. The van der Waals surface area contributed by atoms with Crippen molar-refractivity contribution in [3.8, 4) is 11.5 Å². The zero-order valence-corrected chi connectivity index (χ0v) is 13.2. The largest absolute Gasteiger partial charge is 0.497 e. The van der Waals surface area contributed by atoms with E-state index >= 15 is 0 Å². The SMILES string of the molecule is COc1ccc(OC)c(CN(C(=O)Cn2cnnn2)C2CC2)c1. The zero-order valence-electron chi connectivity index (χ0n) is 13.2. The molecular weight excluding hydrogens is 298 g/mol. The van der Waals surface area contributed by atoms with Crippen molar-refractivity contribution >= 4 is 5.91 Å². The molecule has 1 aromatic carbocycles. The maximum atomic E-state index is 12.6. The van der Waals surface area contributed by atoms with Crippen LogP contribution in [0.25, 0.3) is 0 Å². The van der Waals surface area contributed by atoms with Gasteiger partial charge in [0.25, 0.3) is 0 Å². The Labute approximate surface area is 134 Å². The second-order valence-corrected chi connectivity index (χ2v) is 5.44. The quantitative estimate of drug-likeness (QED) is 0.754. The summed E-state index contributed by atoms with van der Waals surface area (Å²) in [4.78, 5) is 14.4. The van der Waals surface area contributed by atoms with Crippen LogP contribution in [0.4, 0.5) is 0 Å². The Morgan fingerprint density at radius 1 is 1.35 bits per heavy atom. The van der Waals surface area contributed by atoms with E-state index < -0.39 is 0 Å². The van der Waals surface area contributed by atoms with E-state index in [9.17, 15) is 4.79 Å². The van der Waals surface area contributed by atoms with Gasteiger partial charge in [0.15, 0.2) is 0 Å². The van der Waals surface area contributed by atoms with Gasteiger partial charge < -0.3 is 14.4 Å². The average molecular weight is 317 g/mol. The molecule has 1 aromatic heterocycles. The third-order valence-corrected chi connectivity index (χ3v) is 3.82. The van der Waals surface area contributed by atoms with E-state index in [1.807, 2.05) is 23.1 Å². The van der Waals surface area contributed by atoms with Crippen LogP contribution in [-0.4, -0.2) is 51.3 Å². The van der Waals surface area contributed by atoms with Gasteiger partial charge in [-0.1, -0.05) is 0 Å². The first-order chi connectivity index (χ1) is 11.2. The summed E-state index contributed by atoms with van der Waals surface area (Å²) >= 11 is 0. The third kappa shape index (κ3) is 3.58. The van der Waals surface area contributed by atoms with Crippen LogP contribution in [0.15, 0.2) is 24.5 Å². The van der Waals surface area contributed by atoms with E-state index in [1.54, 1.807) is 14.2 Å². The van der Waals surface area contributed by atoms with Crippen LogP contribution in [0.5, 0.6) is 11.5 Å². The normalized spacial score (nSPS) is 13.7. The zero-order chi connectivity index (χ0) is 16.2. The Balaban J connectivity index is 1.78. The standard InChI is InChI=1S/C15H19N5O3/c1-22-13-5-6-14(23-2)11(7-13)8-20(12-3-4-12)15(21)9-19-10-16-17-18-19/h5-7,10,12H,3-4,8-9H2,1-2H3. The molecule has 1 aliphatic carbocycles. The molecule has 1 aliphatic rings. The Hall–Kier alpha value is -2.64. The van der Waals surface area contributed by atoms with E-state index in [0.717, 1.165) is 29.9 Å². The lowest BCUT2D eigenvalue weighted by atomic mass is 10.1. The summed E-state index contributed by atoms with van der Waals surface area (Å²) in [5.74, 6) is 1.47. The fourth-order valence-corrected chi connectivity index (χ4v) is 2.48. The molecule has 3 rings (SSSR count). The fraction of sp³-hybridized carbons (Fsp3) is 0.467. The molecule has 2 aromatic rings. The maximum absolute atomic E-state index is 12.6. The number of rotatable bonds is 7. The number of methoxy groups -OCH3 is 2. The molecule has 1 fully saturated rings. The summed E-state index contributed by atoms with van der Waals surface area (Å²) in [6.45, 7) is 0.613. The molecule has 1 saturated carbocycles. The Morgan fingerprint density at radius 3 is 2.78 bits per heavy atom. The van der Waals surface area contributed by atoms with E-state index in [0.29, 0.717) is 6.54 Å². The number of amides is 1. The van der Waals surface area contributed by atoms with Crippen LogP contribution in [-0.2, 0) is 17.9 Å². The molecule has 0 unspecified atom stereocenters. The predicted molar refractivity (Wildman–Crippen MR) is 80.9 cm³/mol. The molecule has 0 atom stereocenters. The van der Waals surface area contributed by atoms with Gasteiger partial charge in [0, 0.05) is 18.2 Å².